The number of carbonyl (C=O) groups is 1. The van der Waals surface area contributed by atoms with Gasteiger partial charge in [-0.05, 0) is 52.7 Å². The van der Waals surface area contributed by atoms with Crippen LogP contribution in [0.1, 0.15) is 43.1 Å². The van der Waals surface area contributed by atoms with Crippen molar-refractivity contribution in [1.29, 1.82) is 0 Å². The SMILES string of the molecule is Cc1ccc(Br)c(C(=O)N2CCC(C(C)(C)C)C2)c1. The summed E-state index contributed by atoms with van der Waals surface area (Å²) in [7, 11) is 0. The van der Waals surface area contributed by atoms with E-state index in [0.717, 1.165) is 35.1 Å². The van der Waals surface area contributed by atoms with Gasteiger partial charge in [0.2, 0.25) is 0 Å². The van der Waals surface area contributed by atoms with E-state index in [2.05, 4.69) is 36.7 Å². The van der Waals surface area contributed by atoms with Crippen LogP contribution in [0, 0.1) is 18.3 Å². The molecular weight excluding hydrogens is 302 g/mol. The first-order valence-electron chi connectivity index (χ1n) is 6.84. The molecule has 0 N–H and O–H groups in total. The second-order valence-electron chi connectivity index (χ2n) is 6.59. The van der Waals surface area contributed by atoms with Gasteiger partial charge in [-0.1, -0.05) is 32.4 Å². The zero-order chi connectivity index (χ0) is 14.2. The molecule has 1 fully saturated rings. The minimum atomic E-state index is 0.155. The molecule has 3 heteroatoms. The summed E-state index contributed by atoms with van der Waals surface area (Å²) < 4.78 is 0.891. The summed E-state index contributed by atoms with van der Waals surface area (Å²) in [5.41, 5.74) is 2.19. The highest BCUT2D eigenvalue weighted by Crippen LogP contribution is 2.34. The van der Waals surface area contributed by atoms with Gasteiger partial charge in [0.05, 0.1) is 5.56 Å². The van der Waals surface area contributed by atoms with E-state index in [1.165, 1.54) is 0 Å². The van der Waals surface area contributed by atoms with E-state index in [-0.39, 0.29) is 11.3 Å². The molecule has 1 aliphatic rings. The molecule has 0 bridgehead atoms. The fraction of sp³-hybridized carbons (Fsp3) is 0.562. The van der Waals surface area contributed by atoms with E-state index in [9.17, 15) is 4.79 Å². The Bertz CT molecular complexity index is 490. The van der Waals surface area contributed by atoms with Crippen LogP contribution in [0.2, 0.25) is 0 Å². The van der Waals surface area contributed by atoms with Crippen molar-refractivity contribution in [2.24, 2.45) is 11.3 Å². The number of carbonyl (C=O) groups excluding carboxylic acids is 1. The van der Waals surface area contributed by atoms with E-state index >= 15 is 0 Å². The Labute approximate surface area is 124 Å². The van der Waals surface area contributed by atoms with E-state index in [0.29, 0.717) is 5.92 Å². The van der Waals surface area contributed by atoms with Gasteiger partial charge in [0.25, 0.3) is 5.91 Å². The minimum absolute atomic E-state index is 0.155. The molecule has 1 aliphatic heterocycles. The van der Waals surface area contributed by atoms with Crippen molar-refractivity contribution in [1.82, 2.24) is 4.90 Å². The van der Waals surface area contributed by atoms with Crippen molar-refractivity contribution < 1.29 is 4.79 Å². The Morgan fingerprint density at radius 3 is 2.63 bits per heavy atom. The van der Waals surface area contributed by atoms with Crippen LogP contribution in [0.25, 0.3) is 0 Å². The van der Waals surface area contributed by atoms with E-state index in [1.807, 2.05) is 30.0 Å². The van der Waals surface area contributed by atoms with E-state index in [1.54, 1.807) is 0 Å². The Balaban J connectivity index is 2.16. The summed E-state index contributed by atoms with van der Waals surface area (Å²) in [6, 6.07) is 5.94. The highest BCUT2D eigenvalue weighted by atomic mass is 79.9. The van der Waals surface area contributed by atoms with Gasteiger partial charge < -0.3 is 4.90 Å². The van der Waals surface area contributed by atoms with Crippen molar-refractivity contribution in [3.8, 4) is 0 Å². The van der Waals surface area contributed by atoms with Crippen molar-refractivity contribution in [2.75, 3.05) is 13.1 Å². The number of benzene rings is 1. The lowest BCUT2D eigenvalue weighted by atomic mass is 9.80. The molecule has 1 aromatic rings. The molecule has 0 saturated carbocycles. The maximum atomic E-state index is 12.6. The van der Waals surface area contributed by atoms with Crippen molar-refractivity contribution in [3.05, 3.63) is 33.8 Å². The van der Waals surface area contributed by atoms with Gasteiger partial charge in [0.1, 0.15) is 0 Å². The average Bonchev–Trinajstić information content (AvgIpc) is 2.80. The van der Waals surface area contributed by atoms with Crippen LogP contribution in [0.5, 0.6) is 0 Å². The topological polar surface area (TPSA) is 20.3 Å². The van der Waals surface area contributed by atoms with Gasteiger partial charge in [0.15, 0.2) is 0 Å². The number of halogens is 1. The Morgan fingerprint density at radius 2 is 2.05 bits per heavy atom. The monoisotopic (exact) mass is 323 g/mol. The second kappa shape index (κ2) is 5.28. The first-order valence-corrected chi connectivity index (χ1v) is 7.64. The summed E-state index contributed by atoms with van der Waals surface area (Å²) in [4.78, 5) is 14.6. The molecule has 1 amide bonds. The molecule has 1 unspecified atom stereocenters. The predicted molar refractivity (Wildman–Crippen MR) is 82.3 cm³/mol. The maximum Gasteiger partial charge on any atom is 0.255 e. The number of nitrogens with zero attached hydrogens (tertiary/aromatic N) is 1. The summed E-state index contributed by atoms with van der Waals surface area (Å²) in [5, 5.41) is 0. The van der Waals surface area contributed by atoms with Gasteiger partial charge in [-0.3, -0.25) is 4.79 Å². The summed E-state index contributed by atoms with van der Waals surface area (Å²) in [5.74, 6) is 0.752. The van der Waals surface area contributed by atoms with Crippen molar-refractivity contribution >= 4 is 21.8 Å². The van der Waals surface area contributed by atoms with Crippen LogP contribution in [-0.2, 0) is 0 Å². The zero-order valence-corrected chi connectivity index (χ0v) is 13.8. The molecule has 0 spiro atoms. The van der Waals surface area contributed by atoms with Crippen molar-refractivity contribution in [2.45, 2.75) is 34.1 Å². The molecule has 0 aromatic heterocycles. The number of likely N-dealkylation sites (tertiary alicyclic amines) is 1. The summed E-state index contributed by atoms with van der Waals surface area (Å²) in [6.07, 6.45) is 1.11. The van der Waals surface area contributed by atoms with Crippen LogP contribution < -0.4 is 0 Å². The zero-order valence-electron chi connectivity index (χ0n) is 12.2. The quantitative estimate of drug-likeness (QED) is 0.756. The molecule has 1 saturated heterocycles. The molecular formula is C16H22BrNO. The maximum absolute atomic E-state index is 12.6. The van der Waals surface area contributed by atoms with Gasteiger partial charge in [-0.15, -0.1) is 0 Å². The molecule has 2 rings (SSSR count). The first-order chi connectivity index (χ1) is 8.79. The van der Waals surface area contributed by atoms with Gasteiger partial charge in [-0.25, -0.2) is 0 Å². The van der Waals surface area contributed by atoms with Crippen LogP contribution in [-0.4, -0.2) is 23.9 Å². The Morgan fingerprint density at radius 1 is 1.37 bits per heavy atom. The van der Waals surface area contributed by atoms with Crippen LogP contribution in [0.15, 0.2) is 22.7 Å². The van der Waals surface area contributed by atoms with Crippen LogP contribution >= 0.6 is 15.9 Å². The number of hydrogen-bond acceptors (Lipinski definition) is 1. The third kappa shape index (κ3) is 3.19. The molecule has 1 aromatic carbocycles. The van der Waals surface area contributed by atoms with Gasteiger partial charge >= 0.3 is 0 Å². The molecule has 1 heterocycles. The van der Waals surface area contributed by atoms with Gasteiger partial charge in [-0.2, -0.15) is 0 Å². The number of amides is 1. The van der Waals surface area contributed by atoms with E-state index < -0.39 is 0 Å². The predicted octanol–water partition coefficient (Wildman–Crippen LogP) is 4.27. The molecule has 1 atom stereocenters. The lowest BCUT2D eigenvalue weighted by Gasteiger charge is -2.27. The molecule has 0 aliphatic carbocycles. The fourth-order valence-electron chi connectivity index (χ4n) is 2.62. The molecule has 2 nitrogen and oxygen atoms in total. The highest BCUT2D eigenvalue weighted by Gasteiger charge is 2.34. The smallest absolute Gasteiger partial charge is 0.255 e. The Kier molecular flexibility index (Phi) is 4.05. The highest BCUT2D eigenvalue weighted by molar-refractivity contribution is 9.10. The fourth-order valence-corrected chi connectivity index (χ4v) is 3.04. The summed E-state index contributed by atoms with van der Waals surface area (Å²) in [6.45, 7) is 10.5. The van der Waals surface area contributed by atoms with Crippen molar-refractivity contribution in [3.63, 3.8) is 0 Å². The normalized spacial score (nSPS) is 19.8. The minimum Gasteiger partial charge on any atom is -0.338 e. The number of rotatable bonds is 1. The van der Waals surface area contributed by atoms with Gasteiger partial charge in [0, 0.05) is 17.6 Å². The van der Waals surface area contributed by atoms with Crippen LogP contribution in [0.4, 0.5) is 0 Å². The lowest BCUT2D eigenvalue weighted by Crippen LogP contribution is -2.31. The molecule has 19 heavy (non-hydrogen) atoms. The second-order valence-corrected chi connectivity index (χ2v) is 7.44. The standard InChI is InChI=1S/C16H22BrNO/c1-11-5-6-14(17)13(9-11)15(19)18-8-7-12(10-18)16(2,3)4/h5-6,9,12H,7-8,10H2,1-4H3. The molecule has 104 valence electrons. The largest absolute Gasteiger partial charge is 0.338 e. The Hall–Kier alpha value is -0.830. The third-order valence-corrected chi connectivity index (χ3v) is 4.74. The number of aryl methyl sites for hydroxylation is 1. The van der Waals surface area contributed by atoms with E-state index in [4.69, 9.17) is 0 Å². The summed E-state index contributed by atoms with van der Waals surface area (Å²) >= 11 is 3.49. The first kappa shape index (κ1) is 14.6. The lowest BCUT2D eigenvalue weighted by molar-refractivity contribution is 0.0775. The average molecular weight is 324 g/mol. The molecule has 0 radical (unpaired) electrons. The number of hydrogen-bond donors (Lipinski definition) is 0. The van der Waals surface area contributed by atoms with Crippen LogP contribution in [0.3, 0.4) is 0 Å². The third-order valence-electron chi connectivity index (χ3n) is 4.05.